The molecular weight excluding hydrogens is 396 g/mol. The second kappa shape index (κ2) is 8.59. The first kappa shape index (κ1) is 19.9. The molecule has 6 heteroatoms. The van der Waals surface area contributed by atoms with Crippen molar-refractivity contribution in [3.05, 3.63) is 108 Å². The van der Waals surface area contributed by atoms with Crippen molar-refractivity contribution in [3.63, 3.8) is 0 Å². The highest BCUT2D eigenvalue weighted by atomic mass is 15.0. The van der Waals surface area contributed by atoms with Gasteiger partial charge in [-0.2, -0.15) is 9.13 Å². The van der Waals surface area contributed by atoms with Gasteiger partial charge in [-0.25, -0.2) is 0 Å². The Balaban J connectivity index is 1.49. The Morgan fingerprint density at radius 1 is 0.594 bits per heavy atom. The summed E-state index contributed by atoms with van der Waals surface area (Å²) in [7, 11) is 0. The van der Waals surface area contributed by atoms with Crippen LogP contribution in [0.25, 0.3) is 0 Å². The molecule has 6 N–H and O–H groups in total. The number of nitrogens with zero attached hydrogens (tertiary/aromatic N) is 2. The summed E-state index contributed by atoms with van der Waals surface area (Å²) in [5.41, 5.74) is 20.9. The Morgan fingerprint density at radius 3 is 1.50 bits per heavy atom. The Morgan fingerprint density at radius 2 is 1.06 bits per heavy atom. The summed E-state index contributed by atoms with van der Waals surface area (Å²) in [5.74, 6) is 0. The number of hydrogen-bond acceptors (Lipinski definition) is 4. The normalized spacial score (nSPS) is 13.2. The van der Waals surface area contributed by atoms with Crippen molar-refractivity contribution in [1.82, 2.24) is 0 Å². The van der Waals surface area contributed by atoms with E-state index in [4.69, 9.17) is 11.5 Å². The molecule has 2 aromatic carbocycles. The van der Waals surface area contributed by atoms with Crippen LogP contribution in [0.15, 0.2) is 85.5 Å². The van der Waals surface area contributed by atoms with E-state index < -0.39 is 0 Å². The number of benzene rings is 2. The minimum Gasteiger partial charge on any atom is -0.392 e. The third kappa shape index (κ3) is 4.49. The van der Waals surface area contributed by atoms with E-state index in [0.29, 0.717) is 0 Å². The van der Waals surface area contributed by atoms with Gasteiger partial charge in [-0.15, -0.1) is 0 Å². The highest BCUT2D eigenvalue weighted by molar-refractivity contribution is 5.64. The van der Waals surface area contributed by atoms with Gasteiger partial charge in [-0.3, -0.25) is 0 Å². The van der Waals surface area contributed by atoms with Gasteiger partial charge in [0.25, 0.3) is 0 Å². The van der Waals surface area contributed by atoms with E-state index in [1.165, 1.54) is 22.3 Å². The fraction of sp³-hybridized carbons (Fsp3) is 0.154. The molecule has 8 heterocycles. The standard InChI is InChI=1S/C26H26N6/c27-23-17-31-10-8-25(23)29-13-19-4-6-20(7-5-19)14-30-26-9-11-32(18-24(26)28)16-22-3-1-2-21(12-22)15-31/h1-12,17-18H,13-16,27-28H2/p+2. The molecule has 0 aliphatic carbocycles. The molecule has 0 saturated carbocycles. The van der Waals surface area contributed by atoms with Crippen LogP contribution in [0.5, 0.6) is 0 Å². The van der Waals surface area contributed by atoms with Gasteiger partial charge in [0, 0.05) is 36.3 Å². The van der Waals surface area contributed by atoms with E-state index in [1.807, 2.05) is 24.5 Å². The number of nitrogens with two attached hydrogens (primary N) is 2. The van der Waals surface area contributed by atoms with Crippen molar-refractivity contribution in [1.29, 1.82) is 0 Å². The fourth-order valence-electron chi connectivity index (χ4n) is 4.05. The van der Waals surface area contributed by atoms with Gasteiger partial charge in [-0.05, 0) is 17.2 Å². The summed E-state index contributed by atoms with van der Waals surface area (Å²) < 4.78 is 4.23. The van der Waals surface area contributed by atoms with Crippen LogP contribution in [-0.2, 0) is 26.2 Å². The average Bonchev–Trinajstić information content (AvgIpc) is 2.79. The SMILES string of the molecule is Nc1c[n+]2ccc1NCc1ccc(cc1)CNc1cc[n+](cc1N)Cc1cccc(c1)C2. The molecule has 0 unspecified atom stereocenters. The van der Waals surface area contributed by atoms with E-state index >= 15 is 0 Å². The smallest absolute Gasteiger partial charge is 0.194 e. The molecular formula is C26H28N6+2. The molecule has 0 radical (unpaired) electrons. The van der Waals surface area contributed by atoms with E-state index in [1.54, 1.807) is 0 Å². The van der Waals surface area contributed by atoms with Gasteiger partial charge in [0.15, 0.2) is 37.9 Å². The van der Waals surface area contributed by atoms with Gasteiger partial charge in [-0.1, -0.05) is 42.5 Å². The van der Waals surface area contributed by atoms with Crippen LogP contribution in [0.3, 0.4) is 0 Å². The molecule has 10 rings (SSSR count). The zero-order valence-electron chi connectivity index (χ0n) is 18.0. The molecule has 6 aliphatic rings. The van der Waals surface area contributed by atoms with Crippen LogP contribution in [-0.4, -0.2) is 0 Å². The molecule has 4 aromatic rings. The van der Waals surface area contributed by atoms with Crippen molar-refractivity contribution in [2.45, 2.75) is 26.2 Å². The maximum absolute atomic E-state index is 6.33. The first-order valence-corrected chi connectivity index (χ1v) is 10.8. The Bertz CT molecular complexity index is 1160. The zero-order valence-corrected chi connectivity index (χ0v) is 18.0. The Hall–Kier alpha value is -4.06. The number of rotatable bonds is 0. The predicted octanol–water partition coefficient (Wildman–Crippen LogP) is 3.06. The van der Waals surface area contributed by atoms with Crippen LogP contribution in [0.2, 0.25) is 0 Å². The number of hydrogen-bond donors (Lipinski definition) is 4. The van der Waals surface area contributed by atoms with Crippen LogP contribution >= 0.6 is 0 Å². The number of nitrogen functional groups attached to an aromatic ring is 2. The molecule has 0 amide bonds. The molecule has 160 valence electrons. The maximum Gasteiger partial charge on any atom is 0.194 e. The predicted molar refractivity (Wildman–Crippen MR) is 128 cm³/mol. The Labute approximate surface area is 188 Å². The highest BCUT2D eigenvalue weighted by Gasteiger charge is 2.12. The summed E-state index contributed by atoms with van der Waals surface area (Å²) in [6.45, 7) is 2.95. The molecule has 2 aromatic heterocycles. The summed E-state index contributed by atoms with van der Waals surface area (Å²) in [6, 6.07) is 21.3. The van der Waals surface area contributed by atoms with Crippen molar-refractivity contribution in [2.24, 2.45) is 0 Å². The second-order valence-electron chi connectivity index (χ2n) is 8.32. The van der Waals surface area contributed by atoms with Crippen molar-refractivity contribution >= 4 is 22.7 Å². The van der Waals surface area contributed by atoms with E-state index in [-0.39, 0.29) is 0 Å². The second-order valence-corrected chi connectivity index (χ2v) is 8.32. The lowest BCUT2D eigenvalue weighted by molar-refractivity contribution is -0.688. The quantitative estimate of drug-likeness (QED) is 0.327. The summed E-state index contributed by atoms with van der Waals surface area (Å²) in [6.07, 6.45) is 8.11. The lowest BCUT2D eigenvalue weighted by Crippen LogP contribution is -2.35. The third-order valence-electron chi connectivity index (χ3n) is 5.81. The zero-order chi connectivity index (χ0) is 21.9. The van der Waals surface area contributed by atoms with Crippen molar-refractivity contribution in [3.8, 4) is 0 Å². The first-order valence-electron chi connectivity index (χ1n) is 10.8. The van der Waals surface area contributed by atoms with Gasteiger partial charge >= 0.3 is 0 Å². The third-order valence-corrected chi connectivity index (χ3v) is 5.81. The van der Waals surface area contributed by atoms with E-state index in [9.17, 15) is 0 Å². The lowest BCUT2D eigenvalue weighted by Gasteiger charge is -2.10. The Kier molecular flexibility index (Phi) is 5.34. The number of anilines is 4. The maximum atomic E-state index is 6.33. The van der Waals surface area contributed by atoms with Crippen molar-refractivity contribution < 1.29 is 9.13 Å². The molecule has 32 heavy (non-hydrogen) atoms. The molecule has 6 nitrogen and oxygen atoms in total. The molecule has 0 saturated heterocycles. The van der Waals surface area contributed by atoms with Gasteiger partial charge in [0.05, 0.1) is 11.4 Å². The lowest BCUT2D eigenvalue weighted by atomic mass is 10.1. The van der Waals surface area contributed by atoms with Crippen LogP contribution in [0.1, 0.15) is 22.3 Å². The molecule has 8 bridgehead atoms. The molecule has 0 fully saturated rings. The average molecular weight is 425 g/mol. The van der Waals surface area contributed by atoms with E-state index in [2.05, 4.69) is 80.7 Å². The summed E-state index contributed by atoms with van der Waals surface area (Å²) >= 11 is 0. The number of nitrogens with one attached hydrogen (secondary N) is 2. The topological polar surface area (TPSA) is 83.9 Å². The van der Waals surface area contributed by atoms with Gasteiger partial charge in [0.2, 0.25) is 0 Å². The monoisotopic (exact) mass is 424 g/mol. The number of aromatic nitrogens is 2. The molecule has 0 atom stereocenters. The highest BCUT2D eigenvalue weighted by Crippen LogP contribution is 2.19. The largest absolute Gasteiger partial charge is 0.392 e. The summed E-state index contributed by atoms with van der Waals surface area (Å²) in [4.78, 5) is 0. The van der Waals surface area contributed by atoms with Crippen LogP contribution in [0.4, 0.5) is 22.7 Å². The van der Waals surface area contributed by atoms with Gasteiger partial charge < -0.3 is 22.1 Å². The molecule has 6 aliphatic heterocycles. The van der Waals surface area contributed by atoms with Crippen molar-refractivity contribution in [2.75, 3.05) is 22.1 Å². The minimum absolute atomic E-state index is 0.718. The minimum atomic E-state index is 0.718. The van der Waals surface area contributed by atoms with Crippen LogP contribution < -0.4 is 31.2 Å². The van der Waals surface area contributed by atoms with Crippen LogP contribution in [0, 0.1) is 0 Å². The molecule has 0 spiro atoms. The summed E-state index contributed by atoms with van der Waals surface area (Å²) in [5, 5.41) is 6.90. The fourth-order valence-corrected chi connectivity index (χ4v) is 4.05. The van der Waals surface area contributed by atoms with Gasteiger partial charge in [0.1, 0.15) is 11.4 Å². The number of pyridine rings is 2. The van der Waals surface area contributed by atoms with E-state index in [0.717, 1.165) is 48.9 Å². The first-order chi connectivity index (χ1) is 15.6.